The third-order valence-electron chi connectivity index (χ3n) is 14.7. The lowest BCUT2D eigenvalue weighted by atomic mass is 10.2. The van der Waals surface area contributed by atoms with Crippen molar-refractivity contribution in [3.8, 4) is 74.6 Å². The van der Waals surface area contributed by atoms with E-state index >= 15 is 0 Å². The largest absolute Gasteiger partial charge is 0.472 e. The number of hydrogen-bond donors (Lipinski definition) is 2. The molecule has 1 fully saturated rings. The van der Waals surface area contributed by atoms with Crippen LogP contribution in [-0.2, 0) is 46.5 Å². The van der Waals surface area contributed by atoms with Crippen molar-refractivity contribution in [2.45, 2.75) is 48.9 Å². The van der Waals surface area contributed by atoms with Crippen LogP contribution in [0, 0.1) is 17.5 Å². The van der Waals surface area contributed by atoms with Crippen LogP contribution in [-0.4, -0.2) is 128 Å². The minimum Gasteiger partial charge on any atom is -0.472 e. The van der Waals surface area contributed by atoms with Crippen LogP contribution >= 0.6 is 15.9 Å². The van der Waals surface area contributed by atoms with Crippen molar-refractivity contribution in [2.24, 2.45) is 0 Å². The summed E-state index contributed by atoms with van der Waals surface area (Å²) in [6.07, 6.45) is 9.77. The van der Waals surface area contributed by atoms with E-state index in [2.05, 4.69) is 76.6 Å². The Kier molecular flexibility index (Phi) is 19.6. The Morgan fingerprint density at radius 2 is 0.918 bits per heavy atom. The van der Waals surface area contributed by atoms with Crippen LogP contribution in [0.15, 0.2) is 205 Å². The number of hydrogen-bond acceptors (Lipinski definition) is 22. The quantitative estimate of drug-likeness (QED) is 0.0710. The van der Waals surface area contributed by atoms with Gasteiger partial charge in [-0.15, -0.1) is 0 Å². The predicted molar refractivity (Wildman–Crippen MR) is 347 cm³/mol. The van der Waals surface area contributed by atoms with Gasteiger partial charge in [0.1, 0.15) is 77.0 Å². The van der Waals surface area contributed by atoms with Crippen molar-refractivity contribution in [2.75, 3.05) is 37.0 Å². The summed E-state index contributed by atoms with van der Waals surface area (Å²) in [5.74, 6) is 0.131. The Hall–Kier alpha value is -11.1. The second kappa shape index (κ2) is 28.8. The molecule has 27 nitrogen and oxygen atoms in total. The van der Waals surface area contributed by atoms with Crippen molar-refractivity contribution < 1.29 is 57.4 Å². The summed E-state index contributed by atoms with van der Waals surface area (Å²) < 4.78 is 135. The highest BCUT2D eigenvalue weighted by Gasteiger charge is 2.28. The highest BCUT2D eigenvalue weighted by molar-refractivity contribution is 9.10. The molecule has 1 aliphatic heterocycles. The van der Waals surface area contributed by atoms with Gasteiger partial charge in [-0.1, -0.05) is 100 Å². The standard InChI is InChI=1S/C24H17BrFN5O2.C21H19FN6O4S.C19H17FN6O4S/c25-18-13-27-23(28-24(18)32-15-16-6-2-1-3-7-16)21-12-22(20-10-11-33-30-20)31(29-21)14-17-8-4-5-9-19(17)26;22-15-6-2-1-5-14(15)13-28-18(16-7-10-32-26-16)11-17(25-28)20-23-12-19(33(29,30)31)21(24-20)27-8-3-4-9-27;1-25(2)19-17(31(27,28)29)10-21-18(22-19)15-9-16(14-7-8-30-24-14)26(23-15)11-12-5-3-4-6-13(12)20/h1-13H,14-15H2;1-2,5-7,10-12H,3-4,8-9,13H2,(H,29,30,31);3-10H,11H2,1-2H3,(H,27,28,29). The summed E-state index contributed by atoms with van der Waals surface area (Å²) in [6.45, 7) is 2.04. The molecule has 0 aliphatic carbocycles. The van der Waals surface area contributed by atoms with Gasteiger partial charge >= 0.3 is 0 Å². The molecule has 14 rings (SSSR count). The van der Waals surface area contributed by atoms with Crippen LogP contribution in [0.3, 0.4) is 0 Å². The average molecular weight is 1420 g/mol. The fourth-order valence-corrected chi connectivity index (χ4v) is 11.6. The summed E-state index contributed by atoms with van der Waals surface area (Å²) >= 11 is 3.44. The van der Waals surface area contributed by atoms with E-state index in [1.807, 2.05) is 30.3 Å². The number of ether oxygens (including phenoxy) is 1. The Morgan fingerprint density at radius 3 is 1.33 bits per heavy atom. The number of rotatable bonds is 19. The Morgan fingerprint density at radius 1 is 0.515 bits per heavy atom. The lowest BCUT2D eigenvalue weighted by Crippen LogP contribution is -2.22. The van der Waals surface area contributed by atoms with Gasteiger partial charge < -0.3 is 28.1 Å². The van der Waals surface area contributed by atoms with Crippen molar-refractivity contribution >= 4 is 47.8 Å². The number of halogens is 4. The van der Waals surface area contributed by atoms with Crippen LogP contribution in [0.5, 0.6) is 5.88 Å². The summed E-state index contributed by atoms with van der Waals surface area (Å²) in [5, 5.41) is 25.5. The van der Waals surface area contributed by atoms with Crippen LogP contribution < -0.4 is 14.5 Å². The molecule has 4 aromatic carbocycles. The number of anilines is 2. The highest BCUT2D eigenvalue weighted by Crippen LogP contribution is 2.33. The molecular formula is C64H53BrF3N17O10S2. The highest BCUT2D eigenvalue weighted by atomic mass is 79.9. The van der Waals surface area contributed by atoms with Gasteiger partial charge in [0.15, 0.2) is 38.9 Å². The van der Waals surface area contributed by atoms with E-state index in [1.54, 1.807) is 126 Å². The molecule has 1 aliphatic rings. The van der Waals surface area contributed by atoms with Crippen LogP contribution in [0.25, 0.3) is 68.7 Å². The smallest absolute Gasteiger partial charge is 0.299 e. The fourth-order valence-electron chi connectivity index (χ4n) is 10.1. The normalized spacial score (nSPS) is 12.3. The molecule has 0 bridgehead atoms. The van der Waals surface area contributed by atoms with Crippen LogP contribution in [0.2, 0.25) is 0 Å². The first-order chi connectivity index (χ1) is 46.8. The van der Waals surface area contributed by atoms with Crippen molar-refractivity contribution in [1.29, 1.82) is 0 Å². The van der Waals surface area contributed by atoms with E-state index in [0.717, 1.165) is 30.8 Å². The van der Waals surface area contributed by atoms with E-state index in [-0.39, 0.29) is 65.3 Å². The minimum absolute atomic E-state index is 0.000796. The van der Waals surface area contributed by atoms with Gasteiger partial charge in [-0.2, -0.15) is 37.1 Å². The maximum Gasteiger partial charge on any atom is 0.299 e. The zero-order valence-electron chi connectivity index (χ0n) is 51.0. The van der Waals surface area contributed by atoms with Crippen LogP contribution in [0.4, 0.5) is 24.8 Å². The summed E-state index contributed by atoms with van der Waals surface area (Å²) in [5.41, 5.74) is 6.77. The van der Waals surface area contributed by atoms with Crippen molar-refractivity contribution in [3.63, 3.8) is 0 Å². The van der Waals surface area contributed by atoms with E-state index in [1.165, 1.54) is 46.6 Å². The topological polar surface area (TPSA) is 333 Å². The fraction of sp³-hybridized carbons (Fsp3) is 0.156. The molecule has 33 heteroatoms. The summed E-state index contributed by atoms with van der Waals surface area (Å²) in [7, 11) is -5.86. The zero-order valence-corrected chi connectivity index (χ0v) is 54.2. The lowest BCUT2D eigenvalue weighted by molar-refractivity contribution is 0.291. The van der Waals surface area contributed by atoms with Gasteiger partial charge in [0.25, 0.3) is 20.2 Å². The van der Waals surface area contributed by atoms with Gasteiger partial charge in [0.2, 0.25) is 5.88 Å². The molecule has 9 aromatic heterocycles. The lowest BCUT2D eigenvalue weighted by Gasteiger charge is -2.18. The van der Waals surface area contributed by atoms with E-state index in [9.17, 15) is 39.1 Å². The maximum atomic E-state index is 14.3. The molecule has 0 unspecified atom stereocenters. The van der Waals surface area contributed by atoms with Crippen molar-refractivity contribution in [1.82, 2.24) is 74.7 Å². The molecular weight excluding hydrogens is 1370 g/mol. The minimum atomic E-state index is -4.52. The molecule has 97 heavy (non-hydrogen) atoms. The third-order valence-corrected chi connectivity index (χ3v) is 17.0. The molecule has 0 atom stereocenters. The van der Waals surface area contributed by atoms with Gasteiger partial charge in [0, 0.05) is 68.3 Å². The third kappa shape index (κ3) is 15.5. The first-order valence-electron chi connectivity index (χ1n) is 29.3. The number of nitrogens with zero attached hydrogens (tertiary/aromatic N) is 17. The van der Waals surface area contributed by atoms with Crippen molar-refractivity contribution in [3.05, 3.63) is 221 Å². The predicted octanol–water partition coefficient (Wildman–Crippen LogP) is 11.0. The summed E-state index contributed by atoms with van der Waals surface area (Å²) in [6, 6.07) is 39.2. The number of benzene rings is 4. The average Bonchev–Trinajstić information content (AvgIpc) is 1.70. The first-order valence-corrected chi connectivity index (χ1v) is 33.0. The number of aromatic nitrogens is 15. The Balaban J connectivity index is 0.000000139. The molecule has 0 radical (unpaired) electrons. The van der Waals surface area contributed by atoms with Gasteiger partial charge in [-0.05, 0) is 70.7 Å². The van der Waals surface area contributed by atoms with E-state index in [4.69, 9.17) is 18.3 Å². The monoisotopic (exact) mass is 1420 g/mol. The molecule has 1 saturated heterocycles. The Labute approximate surface area is 558 Å². The maximum absolute atomic E-state index is 14.3. The second-order valence-corrected chi connectivity index (χ2v) is 25.2. The SMILES string of the molecule is CN(C)c1nc(-c2cc(-c3ccon3)n(Cc3ccccc3F)n2)ncc1S(=O)(=O)O.Fc1ccccc1Cn1nc(-c2ncc(Br)c(OCc3ccccc3)n2)cc1-c1ccon1.O=S(=O)(O)c1cnc(-c2cc(-c3ccon3)n(Cc3ccccc3F)n2)nc1N1CCCC1. The molecule has 0 amide bonds. The van der Waals surface area contributed by atoms with Gasteiger partial charge in [0.05, 0.1) is 53.6 Å². The molecule has 0 saturated carbocycles. The van der Waals surface area contributed by atoms with Gasteiger partial charge in [-0.3, -0.25) is 23.2 Å². The van der Waals surface area contributed by atoms with Crippen LogP contribution in [0.1, 0.15) is 35.1 Å². The van der Waals surface area contributed by atoms with E-state index < -0.39 is 25.1 Å². The molecule has 13 aromatic rings. The van der Waals surface area contributed by atoms with Gasteiger partial charge in [-0.25, -0.2) is 38.1 Å². The molecule has 10 heterocycles. The van der Waals surface area contributed by atoms with E-state index in [0.29, 0.717) is 104 Å². The molecule has 494 valence electrons. The second-order valence-electron chi connectivity index (χ2n) is 21.6. The Bertz CT molecular complexity index is 5120. The first kappa shape index (κ1) is 65.9. The molecule has 0 spiro atoms. The zero-order chi connectivity index (χ0) is 67.8. The summed E-state index contributed by atoms with van der Waals surface area (Å²) in [4.78, 5) is 28.3. The molecule has 2 N–H and O–H groups in total.